The molecule has 2 aromatic carbocycles. The normalized spacial score (nSPS) is 17.9. The van der Waals surface area contributed by atoms with E-state index in [1.807, 2.05) is 11.8 Å². The molecule has 2 heterocycles. The summed E-state index contributed by atoms with van der Waals surface area (Å²) in [5.74, 6) is 0.148. The Morgan fingerprint density at radius 3 is 2.53 bits per heavy atom. The number of anilines is 3. The first-order chi connectivity index (χ1) is 16.2. The van der Waals surface area contributed by atoms with E-state index in [9.17, 15) is 18.0 Å². The molecule has 9 nitrogen and oxygen atoms in total. The monoisotopic (exact) mass is 486 g/mol. The second-order valence-electron chi connectivity index (χ2n) is 8.57. The Kier molecular flexibility index (Phi) is 6.81. The fraction of sp³-hybridized carbons (Fsp3) is 0.417. The largest absolute Gasteiger partial charge is 0.494 e. The highest BCUT2D eigenvalue weighted by Crippen LogP contribution is 2.40. The number of fused-ring (bicyclic) bond motifs is 3. The van der Waals surface area contributed by atoms with Crippen LogP contribution in [0, 0.1) is 0 Å². The standard InChI is InChI=1S/C24H30N4O5S/c1-4-33-18-10-8-17(9-11-18)25-23(29)16-28-22-15-19(34(31,32)26(2)3)12-13-20(22)27-14-6-5-7-21(27)24(28)30/h8-13,15,21H,4-7,14,16H2,1-3H3,(H,25,29)/t21-/m0/s1. The lowest BCUT2D eigenvalue weighted by atomic mass is 9.96. The Hall–Kier alpha value is -3.11. The predicted octanol–water partition coefficient (Wildman–Crippen LogP) is 2.68. The number of ether oxygens (including phenoxy) is 1. The summed E-state index contributed by atoms with van der Waals surface area (Å²) in [5, 5.41) is 2.82. The summed E-state index contributed by atoms with van der Waals surface area (Å²) in [7, 11) is -0.780. The van der Waals surface area contributed by atoms with Crippen LogP contribution in [0.15, 0.2) is 47.4 Å². The van der Waals surface area contributed by atoms with Crippen LogP contribution in [0.1, 0.15) is 26.2 Å². The van der Waals surface area contributed by atoms with Crippen LogP contribution < -0.4 is 19.9 Å². The smallest absolute Gasteiger partial charge is 0.250 e. The average Bonchev–Trinajstić information content (AvgIpc) is 2.82. The fourth-order valence-electron chi connectivity index (χ4n) is 4.42. The summed E-state index contributed by atoms with van der Waals surface area (Å²) in [4.78, 5) is 29.9. The molecule has 34 heavy (non-hydrogen) atoms. The van der Waals surface area contributed by atoms with Gasteiger partial charge in [0.15, 0.2) is 0 Å². The van der Waals surface area contributed by atoms with Crippen molar-refractivity contribution >= 4 is 38.9 Å². The summed E-state index contributed by atoms with van der Waals surface area (Å²) < 4.78 is 32.0. The Balaban J connectivity index is 1.64. The van der Waals surface area contributed by atoms with Crippen LogP contribution in [0.4, 0.5) is 17.1 Å². The van der Waals surface area contributed by atoms with Crippen molar-refractivity contribution in [1.29, 1.82) is 0 Å². The van der Waals surface area contributed by atoms with Gasteiger partial charge in [-0.25, -0.2) is 12.7 Å². The summed E-state index contributed by atoms with van der Waals surface area (Å²) >= 11 is 0. The minimum atomic E-state index is -3.70. The lowest BCUT2D eigenvalue weighted by Gasteiger charge is -2.45. The predicted molar refractivity (Wildman–Crippen MR) is 131 cm³/mol. The number of hydrogen-bond donors (Lipinski definition) is 1. The van der Waals surface area contributed by atoms with Gasteiger partial charge in [0, 0.05) is 26.3 Å². The molecule has 0 spiro atoms. The second kappa shape index (κ2) is 9.63. The summed E-state index contributed by atoms with van der Waals surface area (Å²) in [6.07, 6.45) is 2.59. The van der Waals surface area contributed by atoms with E-state index >= 15 is 0 Å². The summed E-state index contributed by atoms with van der Waals surface area (Å²) in [5.41, 5.74) is 1.80. The molecular formula is C24H30N4O5S. The van der Waals surface area contributed by atoms with E-state index < -0.39 is 10.0 Å². The van der Waals surface area contributed by atoms with Gasteiger partial charge in [-0.15, -0.1) is 0 Å². The zero-order chi connectivity index (χ0) is 24.5. The number of carbonyl (C=O) groups is 2. The van der Waals surface area contributed by atoms with Crippen molar-refractivity contribution < 1.29 is 22.7 Å². The molecule has 2 aliphatic rings. The molecule has 10 heteroatoms. The maximum absolute atomic E-state index is 13.4. The minimum absolute atomic E-state index is 0.0800. The number of amides is 2. The molecule has 182 valence electrons. The maximum atomic E-state index is 13.4. The van der Waals surface area contributed by atoms with E-state index in [-0.39, 0.29) is 29.3 Å². The van der Waals surface area contributed by atoms with E-state index in [2.05, 4.69) is 5.32 Å². The number of carbonyl (C=O) groups excluding carboxylic acids is 2. The topological polar surface area (TPSA) is 99.3 Å². The highest BCUT2D eigenvalue weighted by atomic mass is 32.2. The first-order valence-corrected chi connectivity index (χ1v) is 12.8. The van der Waals surface area contributed by atoms with E-state index in [1.54, 1.807) is 36.4 Å². The molecule has 0 aliphatic carbocycles. The van der Waals surface area contributed by atoms with Crippen LogP contribution in [0.5, 0.6) is 5.75 Å². The fourth-order valence-corrected chi connectivity index (χ4v) is 5.34. The van der Waals surface area contributed by atoms with Crippen molar-refractivity contribution in [1.82, 2.24) is 4.31 Å². The van der Waals surface area contributed by atoms with E-state index in [0.717, 1.165) is 29.4 Å². The maximum Gasteiger partial charge on any atom is 0.250 e. The Labute approximate surface area is 200 Å². The van der Waals surface area contributed by atoms with Crippen LogP contribution in [-0.2, 0) is 19.6 Å². The number of benzene rings is 2. The SMILES string of the molecule is CCOc1ccc(NC(=O)CN2C(=O)[C@@H]3CCCCN3c3ccc(S(=O)(=O)N(C)C)cc32)cc1. The third-order valence-corrected chi connectivity index (χ3v) is 7.94. The molecule has 0 unspecified atom stereocenters. The number of piperidine rings is 1. The van der Waals surface area contributed by atoms with Gasteiger partial charge in [-0.1, -0.05) is 0 Å². The number of nitrogens with one attached hydrogen (secondary N) is 1. The highest BCUT2D eigenvalue weighted by molar-refractivity contribution is 7.89. The van der Waals surface area contributed by atoms with Crippen LogP contribution in [0.25, 0.3) is 0 Å². The number of rotatable bonds is 7. The third-order valence-electron chi connectivity index (χ3n) is 6.13. The van der Waals surface area contributed by atoms with Gasteiger partial charge in [0.25, 0.3) is 0 Å². The number of hydrogen-bond acceptors (Lipinski definition) is 6. The molecule has 0 aromatic heterocycles. The van der Waals surface area contributed by atoms with Gasteiger partial charge >= 0.3 is 0 Å². The first kappa shape index (κ1) is 24.0. The first-order valence-electron chi connectivity index (χ1n) is 11.4. The summed E-state index contributed by atoms with van der Waals surface area (Å²) in [6.45, 7) is 2.95. The molecule has 1 atom stereocenters. The van der Waals surface area contributed by atoms with E-state index in [4.69, 9.17) is 4.74 Å². The second-order valence-corrected chi connectivity index (χ2v) is 10.7. The molecular weight excluding hydrogens is 456 g/mol. The molecule has 1 saturated heterocycles. The van der Waals surface area contributed by atoms with Crippen LogP contribution in [0.2, 0.25) is 0 Å². The zero-order valence-corrected chi connectivity index (χ0v) is 20.5. The zero-order valence-electron chi connectivity index (χ0n) is 19.7. The molecule has 2 amide bonds. The van der Waals surface area contributed by atoms with Crippen molar-refractivity contribution in [3.8, 4) is 5.75 Å². The van der Waals surface area contributed by atoms with Crippen molar-refractivity contribution in [3.63, 3.8) is 0 Å². The molecule has 1 N–H and O–H groups in total. The van der Waals surface area contributed by atoms with E-state index in [1.165, 1.54) is 25.1 Å². The van der Waals surface area contributed by atoms with Crippen molar-refractivity contribution in [3.05, 3.63) is 42.5 Å². The number of nitrogens with zero attached hydrogens (tertiary/aromatic N) is 3. The number of sulfonamides is 1. The Bertz CT molecular complexity index is 1180. The van der Waals surface area contributed by atoms with E-state index in [0.29, 0.717) is 30.2 Å². The van der Waals surface area contributed by atoms with Gasteiger partial charge < -0.3 is 15.0 Å². The van der Waals surface area contributed by atoms with Crippen LogP contribution in [-0.4, -0.2) is 64.4 Å². The lowest BCUT2D eigenvalue weighted by Crippen LogP contribution is -2.56. The Morgan fingerprint density at radius 1 is 1.12 bits per heavy atom. The quantitative estimate of drug-likeness (QED) is 0.646. The van der Waals surface area contributed by atoms with Gasteiger partial charge in [-0.2, -0.15) is 0 Å². The van der Waals surface area contributed by atoms with Crippen molar-refractivity contribution in [2.24, 2.45) is 0 Å². The van der Waals surface area contributed by atoms with Crippen molar-refractivity contribution in [2.75, 3.05) is 48.9 Å². The summed E-state index contributed by atoms with van der Waals surface area (Å²) in [6, 6.07) is 11.5. The molecule has 0 bridgehead atoms. The van der Waals surface area contributed by atoms with Crippen molar-refractivity contribution in [2.45, 2.75) is 37.1 Å². The molecule has 2 aromatic rings. The molecule has 4 rings (SSSR count). The third kappa shape index (κ3) is 4.60. The lowest BCUT2D eigenvalue weighted by molar-refractivity contribution is -0.123. The minimum Gasteiger partial charge on any atom is -0.494 e. The molecule has 0 radical (unpaired) electrons. The van der Waals surface area contributed by atoms with Gasteiger partial charge in [0.1, 0.15) is 18.3 Å². The molecule has 1 fully saturated rings. The molecule has 0 saturated carbocycles. The van der Waals surface area contributed by atoms with Gasteiger partial charge in [-0.05, 0) is 68.7 Å². The van der Waals surface area contributed by atoms with Crippen LogP contribution in [0.3, 0.4) is 0 Å². The highest BCUT2D eigenvalue weighted by Gasteiger charge is 2.40. The van der Waals surface area contributed by atoms with Gasteiger partial charge in [0.2, 0.25) is 21.8 Å². The van der Waals surface area contributed by atoms with Gasteiger partial charge in [-0.3, -0.25) is 14.5 Å². The molecule has 2 aliphatic heterocycles. The van der Waals surface area contributed by atoms with Gasteiger partial charge in [0.05, 0.1) is 22.9 Å². The van der Waals surface area contributed by atoms with Crippen LogP contribution >= 0.6 is 0 Å². The Morgan fingerprint density at radius 2 is 1.85 bits per heavy atom. The average molecular weight is 487 g/mol.